The normalized spacial score (nSPS) is 20.1. The van der Waals surface area contributed by atoms with Gasteiger partial charge in [0.1, 0.15) is 0 Å². The summed E-state index contributed by atoms with van der Waals surface area (Å²) in [4.78, 5) is 29.2. The number of cyclic esters (lactones) is 1. The fourth-order valence-electron chi connectivity index (χ4n) is 3.80. The van der Waals surface area contributed by atoms with Crippen molar-refractivity contribution in [1.82, 2.24) is 9.80 Å². The first kappa shape index (κ1) is 17.7. The van der Waals surface area contributed by atoms with Gasteiger partial charge in [-0.1, -0.05) is 48.5 Å². The van der Waals surface area contributed by atoms with Gasteiger partial charge in [-0.05, 0) is 23.6 Å². The van der Waals surface area contributed by atoms with Crippen molar-refractivity contribution in [3.05, 3.63) is 71.3 Å². The number of fused-ring (bicyclic) bond motifs is 1. The number of ether oxygens (including phenoxy) is 1. The molecule has 27 heavy (non-hydrogen) atoms. The number of benzene rings is 2. The fourth-order valence-corrected chi connectivity index (χ4v) is 3.80. The monoisotopic (exact) mass is 364 g/mol. The van der Waals surface area contributed by atoms with E-state index in [2.05, 4.69) is 29.2 Å². The van der Waals surface area contributed by atoms with Crippen LogP contribution in [-0.2, 0) is 22.4 Å². The molecule has 0 aromatic heterocycles. The Balaban J connectivity index is 1.29. The van der Waals surface area contributed by atoms with E-state index in [0.717, 1.165) is 31.6 Å². The molecule has 2 heterocycles. The molecule has 0 spiro atoms. The molecular formula is C22H24N2O3. The van der Waals surface area contributed by atoms with Gasteiger partial charge in [0.05, 0.1) is 5.56 Å². The van der Waals surface area contributed by atoms with E-state index in [1.807, 2.05) is 29.2 Å². The highest BCUT2D eigenvalue weighted by Crippen LogP contribution is 2.22. The zero-order chi connectivity index (χ0) is 18.6. The molecule has 1 amide bonds. The molecule has 0 aliphatic carbocycles. The lowest BCUT2D eigenvalue weighted by atomic mass is 9.98. The summed E-state index contributed by atoms with van der Waals surface area (Å²) in [6.45, 7) is 4.08. The Kier molecular flexibility index (Phi) is 5.21. The first-order valence-corrected chi connectivity index (χ1v) is 9.54. The van der Waals surface area contributed by atoms with Crippen molar-refractivity contribution >= 4 is 11.9 Å². The molecule has 1 saturated heterocycles. The summed E-state index contributed by atoms with van der Waals surface area (Å²) in [6, 6.07) is 17.8. The molecule has 0 radical (unpaired) electrons. The van der Waals surface area contributed by atoms with Gasteiger partial charge >= 0.3 is 5.97 Å². The van der Waals surface area contributed by atoms with Gasteiger partial charge in [0, 0.05) is 39.1 Å². The van der Waals surface area contributed by atoms with Gasteiger partial charge in [-0.15, -0.1) is 0 Å². The lowest BCUT2D eigenvalue weighted by Gasteiger charge is -2.37. The zero-order valence-corrected chi connectivity index (χ0v) is 15.3. The quantitative estimate of drug-likeness (QED) is 0.780. The molecule has 0 N–H and O–H groups in total. The third-order valence-electron chi connectivity index (χ3n) is 5.41. The van der Waals surface area contributed by atoms with Crippen LogP contribution in [0.3, 0.4) is 0 Å². The van der Waals surface area contributed by atoms with Crippen molar-refractivity contribution in [2.75, 3.05) is 32.7 Å². The Bertz CT molecular complexity index is 813. The maximum Gasteiger partial charge on any atom is 0.339 e. The fraction of sp³-hybridized carbons (Fsp3) is 0.364. The number of amides is 1. The number of nitrogens with zero attached hydrogens (tertiary/aromatic N) is 2. The summed E-state index contributed by atoms with van der Waals surface area (Å²) in [5.41, 5.74) is 2.81. The first-order chi connectivity index (χ1) is 13.2. The van der Waals surface area contributed by atoms with Crippen LogP contribution in [0.2, 0.25) is 0 Å². The van der Waals surface area contributed by atoms with Crippen molar-refractivity contribution in [2.45, 2.75) is 18.9 Å². The van der Waals surface area contributed by atoms with Gasteiger partial charge < -0.3 is 9.64 Å². The summed E-state index contributed by atoms with van der Waals surface area (Å²) in [5, 5.41) is 0. The summed E-state index contributed by atoms with van der Waals surface area (Å²) < 4.78 is 5.42. The van der Waals surface area contributed by atoms with Crippen molar-refractivity contribution in [1.29, 1.82) is 0 Å². The second kappa shape index (κ2) is 7.92. The average Bonchev–Trinajstić information content (AvgIpc) is 2.73. The largest absolute Gasteiger partial charge is 0.448 e. The second-order valence-electron chi connectivity index (χ2n) is 7.16. The zero-order valence-electron chi connectivity index (χ0n) is 15.3. The second-order valence-corrected chi connectivity index (χ2v) is 7.16. The highest BCUT2D eigenvalue weighted by atomic mass is 16.5. The predicted molar refractivity (Wildman–Crippen MR) is 103 cm³/mol. The van der Waals surface area contributed by atoms with Crippen LogP contribution in [0.5, 0.6) is 0 Å². The van der Waals surface area contributed by atoms with Crippen LogP contribution in [0.1, 0.15) is 21.5 Å². The highest BCUT2D eigenvalue weighted by molar-refractivity contribution is 5.95. The van der Waals surface area contributed by atoms with Crippen LogP contribution >= 0.6 is 0 Å². The molecule has 2 aromatic carbocycles. The van der Waals surface area contributed by atoms with E-state index >= 15 is 0 Å². The van der Waals surface area contributed by atoms with E-state index in [1.165, 1.54) is 5.56 Å². The van der Waals surface area contributed by atoms with Gasteiger partial charge in [-0.25, -0.2) is 4.79 Å². The standard InChI is InChI=1S/C22H24N2O3/c25-21(20-16-18-8-4-5-9-19(18)22(26)27-20)24-14-12-23(13-15-24)11-10-17-6-2-1-3-7-17/h1-9,20H,10-16H2. The van der Waals surface area contributed by atoms with Crippen LogP contribution in [0.25, 0.3) is 0 Å². The molecule has 4 rings (SSSR count). The third-order valence-corrected chi connectivity index (χ3v) is 5.41. The molecule has 1 atom stereocenters. The molecule has 2 aliphatic rings. The van der Waals surface area contributed by atoms with Gasteiger partial charge in [0.15, 0.2) is 6.10 Å². The Morgan fingerprint density at radius 1 is 0.963 bits per heavy atom. The Morgan fingerprint density at radius 3 is 2.44 bits per heavy atom. The van der Waals surface area contributed by atoms with Crippen LogP contribution in [-0.4, -0.2) is 60.5 Å². The van der Waals surface area contributed by atoms with Crippen LogP contribution in [0.4, 0.5) is 0 Å². The van der Waals surface area contributed by atoms with E-state index in [-0.39, 0.29) is 5.91 Å². The van der Waals surface area contributed by atoms with Crippen molar-refractivity contribution < 1.29 is 14.3 Å². The number of hydrogen-bond donors (Lipinski definition) is 0. The molecule has 5 nitrogen and oxygen atoms in total. The van der Waals surface area contributed by atoms with E-state index < -0.39 is 12.1 Å². The summed E-state index contributed by atoms with van der Waals surface area (Å²) >= 11 is 0. The maximum absolute atomic E-state index is 12.8. The molecule has 0 saturated carbocycles. The van der Waals surface area contributed by atoms with Gasteiger partial charge in [0.25, 0.3) is 5.91 Å². The number of piperazine rings is 1. The molecule has 2 aliphatic heterocycles. The molecule has 1 unspecified atom stereocenters. The summed E-state index contributed by atoms with van der Waals surface area (Å²) in [7, 11) is 0. The van der Waals surface area contributed by atoms with Crippen molar-refractivity contribution in [3.63, 3.8) is 0 Å². The van der Waals surface area contributed by atoms with Crippen LogP contribution in [0, 0.1) is 0 Å². The molecule has 5 heteroatoms. The Labute approximate surface area is 159 Å². The predicted octanol–water partition coefficient (Wildman–Crippen LogP) is 2.15. The number of carbonyl (C=O) groups is 2. The molecule has 0 bridgehead atoms. The van der Waals surface area contributed by atoms with Gasteiger partial charge in [0.2, 0.25) is 0 Å². The summed E-state index contributed by atoms with van der Waals surface area (Å²) in [5.74, 6) is -0.461. The number of rotatable bonds is 4. The topological polar surface area (TPSA) is 49.9 Å². The first-order valence-electron chi connectivity index (χ1n) is 9.54. The van der Waals surface area contributed by atoms with E-state index in [1.54, 1.807) is 6.07 Å². The van der Waals surface area contributed by atoms with E-state index in [0.29, 0.717) is 25.1 Å². The Morgan fingerprint density at radius 2 is 1.67 bits per heavy atom. The lowest BCUT2D eigenvalue weighted by Crippen LogP contribution is -2.53. The summed E-state index contributed by atoms with van der Waals surface area (Å²) in [6.07, 6.45) is 0.795. The number of esters is 1. The smallest absolute Gasteiger partial charge is 0.339 e. The van der Waals surface area contributed by atoms with Gasteiger partial charge in [-0.3, -0.25) is 9.69 Å². The van der Waals surface area contributed by atoms with E-state index in [4.69, 9.17) is 4.74 Å². The van der Waals surface area contributed by atoms with E-state index in [9.17, 15) is 9.59 Å². The number of hydrogen-bond acceptors (Lipinski definition) is 4. The minimum atomic E-state index is -0.691. The third kappa shape index (κ3) is 4.03. The minimum Gasteiger partial charge on any atom is -0.448 e. The molecule has 1 fully saturated rings. The van der Waals surface area contributed by atoms with Crippen molar-refractivity contribution in [3.8, 4) is 0 Å². The highest BCUT2D eigenvalue weighted by Gasteiger charge is 2.34. The maximum atomic E-state index is 12.8. The minimum absolute atomic E-state index is 0.0689. The van der Waals surface area contributed by atoms with Gasteiger partial charge in [-0.2, -0.15) is 0 Å². The molecule has 140 valence electrons. The lowest BCUT2D eigenvalue weighted by molar-refractivity contribution is -0.142. The van der Waals surface area contributed by atoms with Crippen LogP contribution < -0.4 is 0 Å². The van der Waals surface area contributed by atoms with Crippen molar-refractivity contribution in [2.24, 2.45) is 0 Å². The average molecular weight is 364 g/mol. The number of carbonyl (C=O) groups excluding carboxylic acids is 2. The van der Waals surface area contributed by atoms with Crippen LogP contribution in [0.15, 0.2) is 54.6 Å². The molecular weight excluding hydrogens is 340 g/mol. The Hall–Kier alpha value is -2.66. The SMILES string of the molecule is O=C1OC(C(=O)N2CCN(CCc3ccccc3)CC2)Cc2ccccc21. The molecule has 2 aromatic rings.